The molecule has 0 amide bonds. The van der Waals surface area contributed by atoms with Crippen molar-refractivity contribution in [2.24, 2.45) is 0 Å². The van der Waals surface area contributed by atoms with Gasteiger partial charge in [0.1, 0.15) is 0 Å². The number of hydrogen-bond donors (Lipinski definition) is 0. The Hall–Kier alpha value is -0.865. The van der Waals surface area contributed by atoms with Crippen molar-refractivity contribution < 1.29 is 17.4 Å². The van der Waals surface area contributed by atoms with Crippen LogP contribution in [0.3, 0.4) is 0 Å². The van der Waals surface area contributed by atoms with Gasteiger partial charge in [-0.05, 0) is 13.0 Å². The van der Waals surface area contributed by atoms with E-state index in [9.17, 15) is 12.9 Å². The third-order valence-corrected chi connectivity index (χ3v) is 1.13. The van der Waals surface area contributed by atoms with E-state index in [1.54, 1.807) is 0 Å². The van der Waals surface area contributed by atoms with Crippen LogP contribution in [0.1, 0.15) is 5.76 Å². The zero-order valence-electron chi connectivity index (χ0n) is 5.27. The van der Waals surface area contributed by atoms with Gasteiger partial charge in [0.25, 0.3) is 0 Å². The van der Waals surface area contributed by atoms with Crippen LogP contribution < -0.4 is 5.46 Å². The van der Waals surface area contributed by atoms with Gasteiger partial charge in [-0.1, -0.05) is 5.46 Å². The summed E-state index contributed by atoms with van der Waals surface area (Å²) in [6.45, 7) is -3.40. The molecular formula is C5H5BF3O-. The normalized spacial score (nSPS) is 12.0. The Kier molecular flexibility index (Phi) is 1.50. The lowest BCUT2D eigenvalue weighted by molar-refractivity contribution is 0.496. The van der Waals surface area contributed by atoms with Crippen molar-refractivity contribution >= 4 is 12.4 Å². The summed E-state index contributed by atoms with van der Waals surface area (Å²) in [7, 11) is 0. The van der Waals surface area contributed by atoms with Gasteiger partial charge in [-0.15, -0.1) is 0 Å². The monoisotopic (exact) mass is 149 g/mol. The molecule has 0 aliphatic heterocycles. The van der Waals surface area contributed by atoms with Crippen LogP contribution in [-0.4, -0.2) is 6.98 Å². The second kappa shape index (κ2) is 2.07. The molecular weight excluding hydrogens is 144 g/mol. The fraction of sp³-hybridized carbons (Fsp3) is 0.200. The van der Waals surface area contributed by atoms with Gasteiger partial charge >= 0.3 is 6.98 Å². The molecule has 0 aliphatic rings. The molecule has 0 saturated heterocycles. The number of hydrogen-bond acceptors (Lipinski definition) is 1. The molecule has 1 heterocycles. The molecule has 56 valence electrons. The zero-order chi connectivity index (χ0) is 7.78. The summed E-state index contributed by atoms with van der Waals surface area (Å²) in [6, 6.07) is 0.986. The average Bonchev–Trinajstić information content (AvgIpc) is 2.11. The van der Waals surface area contributed by atoms with E-state index in [-0.39, 0.29) is 5.76 Å². The van der Waals surface area contributed by atoms with E-state index in [0.717, 1.165) is 12.3 Å². The number of furan rings is 1. The minimum absolute atomic E-state index is 0.286. The maximum Gasteiger partial charge on any atom is 0.512 e. The molecule has 0 unspecified atom stereocenters. The Bertz CT molecular complexity index is 227. The van der Waals surface area contributed by atoms with Crippen LogP contribution in [0.2, 0.25) is 0 Å². The van der Waals surface area contributed by atoms with Crippen molar-refractivity contribution in [2.45, 2.75) is 6.92 Å². The molecule has 0 bridgehead atoms. The van der Waals surface area contributed by atoms with Gasteiger partial charge in [0, 0.05) is 0 Å². The quantitative estimate of drug-likeness (QED) is 0.553. The van der Waals surface area contributed by atoms with Crippen LogP contribution in [0.5, 0.6) is 0 Å². The number of aryl methyl sites for hydroxylation is 1. The van der Waals surface area contributed by atoms with Crippen LogP contribution >= 0.6 is 0 Å². The van der Waals surface area contributed by atoms with Gasteiger partial charge < -0.3 is 17.4 Å². The molecule has 1 aromatic heterocycles. The topological polar surface area (TPSA) is 13.1 Å². The third kappa shape index (κ3) is 1.34. The standard InChI is InChI=1S/C5H5BF3O/c1-4-2-5(3-10-4)6(7,8)9/h2-3H,1H3/q-1. The summed E-state index contributed by atoms with van der Waals surface area (Å²) in [4.78, 5) is 0. The SMILES string of the molecule is Cc1cc([B-](F)(F)F)co1. The highest BCUT2D eigenvalue weighted by atomic mass is 19.4. The first-order valence-electron chi connectivity index (χ1n) is 2.75. The second-order valence-corrected chi connectivity index (χ2v) is 2.07. The van der Waals surface area contributed by atoms with E-state index in [4.69, 9.17) is 0 Å². The van der Waals surface area contributed by atoms with Crippen molar-refractivity contribution in [3.63, 3.8) is 0 Å². The summed E-state index contributed by atoms with van der Waals surface area (Å²) < 4.78 is 39.9. The maximum absolute atomic E-state index is 11.8. The molecule has 1 rings (SSSR count). The number of rotatable bonds is 1. The molecule has 5 heteroatoms. The Morgan fingerprint density at radius 3 is 2.20 bits per heavy atom. The molecule has 1 aromatic rings. The molecule has 10 heavy (non-hydrogen) atoms. The van der Waals surface area contributed by atoms with Gasteiger partial charge in [-0.3, -0.25) is 0 Å². The largest absolute Gasteiger partial charge is 0.512 e. The van der Waals surface area contributed by atoms with E-state index in [0.29, 0.717) is 0 Å². The second-order valence-electron chi connectivity index (χ2n) is 2.07. The molecule has 0 saturated carbocycles. The summed E-state index contributed by atoms with van der Waals surface area (Å²) in [5.74, 6) is 0.286. The first-order chi connectivity index (χ1) is 4.50. The van der Waals surface area contributed by atoms with Crippen molar-refractivity contribution in [3.05, 3.63) is 18.1 Å². The van der Waals surface area contributed by atoms with E-state index < -0.39 is 12.4 Å². The predicted octanol–water partition coefficient (Wildman–Crippen LogP) is 1.64. The summed E-state index contributed by atoms with van der Waals surface area (Å²) in [5, 5.41) is 0. The summed E-state index contributed by atoms with van der Waals surface area (Å²) in [5.41, 5.74) is -0.669. The first kappa shape index (κ1) is 7.24. The van der Waals surface area contributed by atoms with E-state index in [2.05, 4.69) is 4.42 Å². The van der Waals surface area contributed by atoms with E-state index in [1.807, 2.05) is 0 Å². The van der Waals surface area contributed by atoms with Crippen LogP contribution in [0.25, 0.3) is 0 Å². The highest BCUT2D eigenvalue weighted by Gasteiger charge is 2.26. The third-order valence-electron chi connectivity index (χ3n) is 1.13. The van der Waals surface area contributed by atoms with Gasteiger partial charge in [0.2, 0.25) is 0 Å². The minimum Gasteiger partial charge on any atom is -0.473 e. The first-order valence-corrected chi connectivity index (χ1v) is 2.75. The molecule has 0 aromatic carbocycles. The highest BCUT2D eigenvalue weighted by molar-refractivity contribution is 6.73. The van der Waals surface area contributed by atoms with Gasteiger partial charge in [0.05, 0.1) is 12.0 Å². The molecule has 0 radical (unpaired) electrons. The van der Waals surface area contributed by atoms with Crippen molar-refractivity contribution in [2.75, 3.05) is 0 Å². The average molecular weight is 149 g/mol. The summed E-state index contributed by atoms with van der Waals surface area (Å²) in [6.07, 6.45) is 0.731. The fourth-order valence-electron chi connectivity index (χ4n) is 0.635. The predicted molar refractivity (Wildman–Crippen MR) is 32.2 cm³/mol. The molecule has 0 spiro atoms. The minimum atomic E-state index is -4.88. The van der Waals surface area contributed by atoms with Gasteiger partial charge in [0.15, 0.2) is 0 Å². The molecule has 0 aliphatic carbocycles. The number of halogens is 3. The van der Waals surface area contributed by atoms with Crippen LogP contribution in [0.15, 0.2) is 16.7 Å². The molecule has 0 fully saturated rings. The van der Waals surface area contributed by atoms with Crippen molar-refractivity contribution in [1.82, 2.24) is 0 Å². The molecule has 0 atom stereocenters. The zero-order valence-corrected chi connectivity index (χ0v) is 5.27. The Morgan fingerprint density at radius 2 is 2.00 bits per heavy atom. The van der Waals surface area contributed by atoms with Crippen LogP contribution in [-0.2, 0) is 0 Å². The van der Waals surface area contributed by atoms with E-state index in [1.165, 1.54) is 6.92 Å². The van der Waals surface area contributed by atoms with Crippen molar-refractivity contribution in [3.8, 4) is 0 Å². The Morgan fingerprint density at radius 1 is 1.40 bits per heavy atom. The Balaban J connectivity index is 2.96. The summed E-state index contributed by atoms with van der Waals surface area (Å²) >= 11 is 0. The molecule has 1 nitrogen and oxygen atoms in total. The smallest absolute Gasteiger partial charge is 0.473 e. The maximum atomic E-state index is 11.8. The molecule has 0 N–H and O–H groups in total. The lowest BCUT2D eigenvalue weighted by Gasteiger charge is -2.09. The lowest BCUT2D eigenvalue weighted by Crippen LogP contribution is -2.32. The van der Waals surface area contributed by atoms with Crippen LogP contribution in [0.4, 0.5) is 12.9 Å². The fourth-order valence-corrected chi connectivity index (χ4v) is 0.635. The van der Waals surface area contributed by atoms with Gasteiger partial charge in [-0.2, -0.15) is 0 Å². The van der Waals surface area contributed by atoms with E-state index >= 15 is 0 Å². The Labute approximate surface area is 55.9 Å². The van der Waals surface area contributed by atoms with Crippen LogP contribution in [0, 0.1) is 6.92 Å². The highest BCUT2D eigenvalue weighted by Crippen LogP contribution is 2.10. The van der Waals surface area contributed by atoms with Crippen molar-refractivity contribution in [1.29, 1.82) is 0 Å². The van der Waals surface area contributed by atoms with Gasteiger partial charge in [-0.25, -0.2) is 0 Å². The lowest BCUT2D eigenvalue weighted by atomic mass is 9.82.